The second-order valence-electron chi connectivity index (χ2n) is 5.20. The van der Waals surface area contributed by atoms with Crippen molar-refractivity contribution in [2.45, 2.75) is 13.0 Å². The highest BCUT2D eigenvalue weighted by Crippen LogP contribution is 2.28. The predicted octanol–water partition coefficient (Wildman–Crippen LogP) is 4.57. The summed E-state index contributed by atoms with van der Waals surface area (Å²) in [5, 5.41) is 11.8. The number of ether oxygens (including phenoxy) is 1. The van der Waals surface area contributed by atoms with Crippen LogP contribution in [0.4, 0.5) is 0 Å². The highest BCUT2D eigenvalue weighted by atomic mass is 32.1. The van der Waals surface area contributed by atoms with Crippen LogP contribution in [0.3, 0.4) is 0 Å². The van der Waals surface area contributed by atoms with E-state index in [0.717, 1.165) is 10.6 Å². The lowest BCUT2D eigenvalue weighted by Gasteiger charge is -2.10. The van der Waals surface area contributed by atoms with Gasteiger partial charge in [-0.05, 0) is 41.9 Å². The first-order chi connectivity index (χ1) is 12.2. The van der Waals surface area contributed by atoms with Crippen molar-refractivity contribution in [3.63, 3.8) is 0 Å². The van der Waals surface area contributed by atoms with E-state index < -0.39 is 12.1 Å². The van der Waals surface area contributed by atoms with E-state index in [9.17, 15) is 4.79 Å². The Morgan fingerprint density at radius 1 is 1.16 bits per heavy atom. The molecular weight excluding hydrogens is 358 g/mol. The van der Waals surface area contributed by atoms with E-state index >= 15 is 0 Å². The summed E-state index contributed by atoms with van der Waals surface area (Å²) in [6.07, 6.45) is 3.13. The zero-order chi connectivity index (χ0) is 17.2. The molecule has 4 rings (SSSR count). The average molecular weight is 371 g/mol. The van der Waals surface area contributed by atoms with Gasteiger partial charge in [0.25, 0.3) is 11.8 Å². The van der Waals surface area contributed by atoms with Gasteiger partial charge in [-0.3, -0.25) is 0 Å². The van der Waals surface area contributed by atoms with Gasteiger partial charge >= 0.3 is 5.97 Å². The number of esters is 1. The third-order valence-corrected chi connectivity index (χ3v) is 5.26. The highest BCUT2D eigenvalue weighted by molar-refractivity contribution is 7.13. The third-order valence-electron chi connectivity index (χ3n) is 3.52. The molecule has 0 aliphatic carbocycles. The fourth-order valence-electron chi connectivity index (χ4n) is 2.32. The van der Waals surface area contributed by atoms with Gasteiger partial charge in [-0.15, -0.1) is 32.9 Å². The van der Waals surface area contributed by atoms with Crippen molar-refractivity contribution in [2.75, 3.05) is 0 Å². The fraction of sp³-hybridized carbons (Fsp3) is 0.118. The fourth-order valence-corrected chi connectivity index (χ4v) is 3.73. The van der Waals surface area contributed by atoms with Crippen molar-refractivity contribution in [1.82, 2.24) is 14.8 Å². The molecule has 0 amide bonds. The number of nitrogens with zero attached hydrogens (tertiary/aromatic N) is 3. The Balaban J connectivity index is 1.51. The van der Waals surface area contributed by atoms with Crippen LogP contribution in [0.25, 0.3) is 16.5 Å². The molecule has 0 bridgehead atoms. The summed E-state index contributed by atoms with van der Waals surface area (Å²) in [5.41, 5.74) is 0.789. The Kier molecular flexibility index (Phi) is 4.21. The van der Waals surface area contributed by atoms with Crippen LogP contribution in [0, 0.1) is 0 Å². The standard InChI is InChI=1S/C17H13N3O3S2/c1-11(15-18-19-16(23-15)13-5-4-9-24-13)22-17(21)14-12(6-10-25-14)20-7-2-3-8-20/h2-11H,1H3. The average Bonchev–Trinajstić information content (AvgIpc) is 3.43. The summed E-state index contributed by atoms with van der Waals surface area (Å²) in [5.74, 6) is 0.287. The number of hydrogen-bond donors (Lipinski definition) is 0. The van der Waals surface area contributed by atoms with E-state index in [4.69, 9.17) is 9.15 Å². The lowest BCUT2D eigenvalue weighted by atomic mass is 10.3. The first-order valence-electron chi connectivity index (χ1n) is 7.51. The molecule has 0 spiro atoms. The summed E-state index contributed by atoms with van der Waals surface area (Å²) >= 11 is 2.84. The first-order valence-corrected chi connectivity index (χ1v) is 9.27. The van der Waals surface area contributed by atoms with Crippen LogP contribution in [0.2, 0.25) is 0 Å². The van der Waals surface area contributed by atoms with Gasteiger partial charge in [-0.25, -0.2) is 4.79 Å². The maximum absolute atomic E-state index is 12.5. The van der Waals surface area contributed by atoms with E-state index in [2.05, 4.69) is 10.2 Å². The molecular formula is C17H13N3O3S2. The molecule has 1 unspecified atom stereocenters. The van der Waals surface area contributed by atoms with Gasteiger partial charge in [-0.1, -0.05) is 6.07 Å². The summed E-state index contributed by atoms with van der Waals surface area (Å²) < 4.78 is 13.0. The van der Waals surface area contributed by atoms with E-state index in [0.29, 0.717) is 10.8 Å². The number of rotatable bonds is 5. The van der Waals surface area contributed by atoms with Crippen LogP contribution in [-0.4, -0.2) is 20.7 Å². The number of carbonyl (C=O) groups is 1. The highest BCUT2D eigenvalue weighted by Gasteiger charge is 2.23. The minimum absolute atomic E-state index is 0.274. The summed E-state index contributed by atoms with van der Waals surface area (Å²) in [6.45, 7) is 1.71. The molecule has 6 nitrogen and oxygen atoms in total. The van der Waals surface area contributed by atoms with E-state index in [-0.39, 0.29) is 5.89 Å². The molecule has 25 heavy (non-hydrogen) atoms. The summed E-state index contributed by atoms with van der Waals surface area (Å²) in [6, 6.07) is 9.49. The van der Waals surface area contributed by atoms with Gasteiger partial charge in [0, 0.05) is 12.4 Å². The summed E-state index contributed by atoms with van der Waals surface area (Å²) in [4.78, 5) is 13.9. The van der Waals surface area contributed by atoms with Crippen LogP contribution < -0.4 is 0 Å². The van der Waals surface area contributed by atoms with E-state index in [1.807, 2.05) is 58.1 Å². The molecule has 0 aliphatic rings. The lowest BCUT2D eigenvalue weighted by molar-refractivity contribution is 0.0286. The molecule has 8 heteroatoms. The minimum Gasteiger partial charge on any atom is -0.448 e. The number of hydrogen-bond acceptors (Lipinski definition) is 7. The first kappa shape index (κ1) is 15.8. The zero-order valence-electron chi connectivity index (χ0n) is 13.2. The van der Waals surface area contributed by atoms with Gasteiger partial charge in [0.15, 0.2) is 6.10 Å². The molecule has 0 aliphatic heterocycles. The molecule has 126 valence electrons. The van der Waals surface area contributed by atoms with E-state index in [1.165, 1.54) is 22.7 Å². The molecule has 4 aromatic rings. The second-order valence-corrected chi connectivity index (χ2v) is 7.06. The molecule has 4 heterocycles. The quantitative estimate of drug-likeness (QED) is 0.481. The molecule has 0 radical (unpaired) electrons. The van der Waals surface area contributed by atoms with Crippen LogP contribution >= 0.6 is 22.7 Å². The van der Waals surface area contributed by atoms with Crippen LogP contribution in [0.5, 0.6) is 0 Å². The number of thiophene rings is 2. The minimum atomic E-state index is -0.631. The Labute approximate surface area is 151 Å². The van der Waals surface area contributed by atoms with Gasteiger partial charge in [0.1, 0.15) is 4.88 Å². The monoisotopic (exact) mass is 371 g/mol. The predicted molar refractivity (Wildman–Crippen MR) is 95.1 cm³/mol. The largest absolute Gasteiger partial charge is 0.448 e. The Morgan fingerprint density at radius 3 is 2.76 bits per heavy atom. The van der Waals surface area contributed by atoms with Crippen LogP contribution in [0.1, 0.15) is 28.6 Å². The van der Waals surface area contributed by atoms with Crippen molar-refractivity contribution < 1.29 is 13.9 Å². The smallest absolute Gasteiger partial charge is 0.351 e. The second kappa shape index (κ2) is 6.66. The van der Waals surface area contributed by atoms with Gasteiger partial charge < -0.3 is 13.7 Å². The maximum atomic E-state index is 12.5. The Bertz CT molecular complexity index is 971. The summed E-state index contributed by atoms with van der Waals surface area (Å²) in [7, 11) is 0. The van der Waals surface area contributed by atoms with Crippen molar-refractivity contribution >= 4 is 28.6 Å². The normalized spacial score (nSPS) is 12.2. The van der Waals surface area contributed by atoms with Gasteiger partial charge in [-0.2, -0.15) is 0 Å². The maximum Gasteiger partial charge on any atom is 0.351 e. The zero-order valence-corrected chi connectivity index (χ0v) is 14.8. The molecule has 4 aromatic heterocycles. The lowest BCUT2D eigenvalue weighted by Crippen LogP contribution is -2.10. The molecule has 0 saturated carbocycles. The topological polar surface area (TPSA) is 70.2 Å². The number of aromatic nitrogens is 3. The van der Waals surface area contributed by atoms with Gasteiger partial charge in [0.2, 0.25) is 0 Å². The molecule has 1 atom stereocenters. The molecule has 0 aromatic carbocycles. The molecule has 0 saturated heterocycles. The molecule has 0 N–H and O–H groups in total. The third kappa shape index (κ3) is 3.13. The molecule has 0 fully saturated rings. The Hall–Kier alpha value is -2.71. The number of carbonyl (C=O) groups excluding carboxylic acids is 1. The van der Waals surface area contributed by atoms with Crippen molar-refractivity contribution in [3.8, 4) is 16.5 Å². The van der Waals surface area contributed by atoms with Gasteiger partial charge in [0.05, 0.1) is 10.6 Å². The van der Waals surface area contributed by atoms with Crippen molar-refractivity contribution in [2.24, 2.45) is 0 Å². The van der Waals surface area contributed by atoms with Crippen LogP contribution in [0.15, 0.2) is 57.9 Å². The van der Waals surface area contributed by atoms with E-state index in [1.54, 1.807) is 6.92 Å². The SMILES string of the molecule is CC(OC(=O)c1sccc1-n1cccc1)c1nnc(-c2cccs2)o1. The Morgan fingerprint density at radius 2 is 2.00 bits per heavy atom. The van der Waals surface area contributed by atoms with Crippen LogP contribution in [-0.2, 0) is 4.74 Å². The van der Waals surface area contributed by atoms with Crippen molar-refractivity contribution in [3.05, 3.63) is 64.3 Å². The van der Waals surface area contributed by atoms with Crippen molar-refractivity contribution in [1.29, 1.82) is 0 Å².